The van der Waals surface area contributed by atoms with Gasteiger partial charge >= 0.3 is 0 Å². The van der Waals surface area contributed by atoms with Crippen molar-refractivity contribution in [2.45, 2.75) is 24.3 Å². The Hall–Kier alpha value is -3.69. The smallest absolute Gasteiger partial charge is 0.255 e. The van der Waals surface area contributed by atoms with Crippen molar-refractivity contribution in [3.8, 4) is 0 Å². The Kier molecular flexibility index (Phi) is 7.24. The molecule has 0 aliphatic heterocycles. The molecule has 0 saturated carbocycles. The lowest BCUT2D eigenvalue weighted by atomic mass is 10.1. The van der Waals surface area contributed by atoms with Crippen LogP contribution >= 0.6 is 0 Å². The number of hydrogen-bond donors (Lipinski definition) is 4. The van der Waals surface area contributed by atoms with Gasteiger partial charge in [0.15, 0.2) is 5.96 Å². The second-order valence-electron chi connectivity index (χ2n) is 7.28. The van der Waals surface area contributed by atoms with E-state index in [4.69, 9.17) is 11.5 Å². The lowest BCUT2D eigenvalue weighted by Gasteiger charge is -2.15. The van der Waals surface area contributed by atoms with Crippen molar-refractivity contribution in [2.75, 3.05) is 5.32 Å². The number of amides is 1. The molecule has 166 valence electrons. The van der Waals surface area contributed by atoms with Crippen LogP contribution in [0.5, 0.6) is 0 Å². The number of carbonyl (C=O) groups excluding carboxylic acids is 1. The van der Waals surface area contributed by atoms with Crippen molar-refractivity contribution >= 4 is 33.3 Å². The molecule has 32 heavy (non-hydrogen) atoms. The molecular formula is C23H25N5O3S. The summed E-state index contributed by atoms with van der Waals surface area (Å²) >= 11 is 0. The molecule has 0 bridgehead atoms. The van der Waals surface area contributed by atoms with Crippen LogP contribution in [0.4, 0.5) is 11.4 Å². The Balaban J connectivity index is 1.60. The van der Waals surface area contributed by atoms with Crippen LogP contribution in [0.2, 0.25) is 0 Å². The van der Waals surface area contributed by atoms with Crippen molar-refractivity contribution in [1.29, 1.82) is 0 Å². The third-order valence-electron chi connectivity index (χ3n) is 4.53. The number of nitrogens with one attached hydrogen (secondary N) is 2. The Bertz CT molecular complexity index is 1210. The standard InChI is InChI=1S/C23H25N5O3S/c1-16(28-32(30,31)21-8-3-2-4-9-21)14-17-10-12-19(13-11-17)26-22(29)18-6-5-7-20(15-18)27-23(24)25/h2-13,15-16,28H,14H2,1H3,(H,26,29)(H4,24,25,27). The number of sulfonamides is 1. The van der Waals surface area contributed by atoms with E-state index in [-0.39, 0.29) is 22.8 Å². The fourth-order valence-electron chi connectivity index (χ4n) is 3.12. The van der Waals surface area contributed by atoms with Gasteiger partial charge in [0.25, 0.3) is 5.91 Å². The molecule has 3 aromatic carbocycles. The molecule has 0 aliphatic carbocycles. The van der Waals surface area contributed by atoms with E-state index >= 15 is 0 Å². The second kappa shape index (κ2) is 10.1. The molecule has 9 heteroatoms. The summed E-state index contributed by atoms with van der Waals surface area (Å²) in [4.78, 5) is 16.7. The highest BCUT2D eigenvalue weighted by atomic mass is 32.2. The summed E-state index contributed by atoms with van der Waals surface area (Å²) in [7, 11) is -3.58. The molecule has 0 fully saturated rings. The fourth-order valence-corrected chi connectivity index (χ4v) is 4.39. The monoisotopic (exact) mass is 451 g/mol. The molecule has 0 radical (unpaired) electrons. The highest BCUT2D eigenvalue weighted by Gasteiger charge is 2.17. The lowest BCUT2D eigenvalue weighted by molar-refractivity contribution is 0.102. The third-order valence-corrected chi connectivity index (χ3v) is 6.14. The molecule has 3 aromatic rings. The lowest BCUT2D eigenvalue weighted by Crippen LogP contribution is -2.34. The van der Waals surface area contributed by atoms with E-state index in [1.54, 1.807) is 73.7 Å². The number of aliphatic imine (C=N–C) groups is 1. The molecule has 0 saturated heterocycles. The van der Waals surface area contributed by atoms with Crippen molar-refractivity contribution < 1.29 is 13.2 Å². The van der Waals surface area contributed by atoms with Gasteiger partial charge in [0.1, 0.15) is 0 Å². The number of rotatable bonds is 8. The van der Waals surface area contributed by atoms with Crippen LogP contribution in [0.15, 0.2) is 88.8 Å². The minimum absolute atomic E-state index is 0.0848. The first-order valence-corrected chi connectivity index (χ1v) is 11.4. The van der Waals surface area contributed by atoms with Gasteiger partial charge in [-0.15, -0.1) is 0 Å². The number of anilines is 1. The zero-order chi connectivity index (χ0) is 23.1. The molecule has 6 N–H and O–H groups in total. The van der Waals surface area contributed by atoms with Crippen LogP contribution < -0.4 is 21.5 Å². The van der Waals surface area contributed by atoms with Gasteiger partial charge in [-0.2, -0.15) is 0 Å². The summed E-state index contributed by atoms with van der Waals surface area (Å²) in [5.41, 5.74) is 13.2. The van der Waals surface area contributed by atoms with Crippen molar-refractivity contribution in [3.63, 3.8) is 0 Å². The predicted octanol–water partition coefficient (Wildman–Crippen LogP) is 2.75. The first-order chi connectivity index (χ1) is 15.2. The van der Waals surface area contributed by atoms with Gasteiger partial charge in [-0.1, -0.05) is 36.4 Å². The zero-order valence-corrected chi connectivity index (χ0v) is 18.3. The molecular weight excluding hydrogens is 426 g/mol. The Morgan fingerprint density at radius 1 is 0.969 bits per heavy atom. The highest BCUT2D eigenvalue weighted by Crippen LogP contribution is 2.17. The zero-order valence-electron chi connectivity index (χ0n) is 17.5. The number of carbonyl (C=O) groups is 1. The van der Waals surface area contributed by atoms with E-state index in [2.05, 4.69) is 15.0 Å². The minimum Gasteiger partial charge on any atom is -0.370 e. The van der Waals surface area contributed by atoms with Gasteiger partial charge in [-0.25, -0.2) is 18.1 Å². The summed E-state index contributed by atoms with van der Waals surface area (Å²) in [6.07, 6.45) is 0.501. The molecule has 0 aromatic heterocycles. The van der Waals surface area contributed by atoms with E-state index in [1.165, 1.54) is 0 Å². The molecule has 0 aliphatic rings. The normalized spacial score (nSPS) is 12.0. The maximum absolute atomic E-state index is 12.5. The van der Waals surface area contributed by atoms with Crippen LogP contribution in [0.3, 0.4) is 0 Å². The molecule has 1 atom stereocenters. The van der Waals surface area contributed by atoms with E-state index in [1.807, 2.05) is 12.1 Å². The molecule has 1 unspecified atom stereocenters. The number of nitrogens with zero attached hydrogens (tertiary/aromatic N) is 1. The van der Waals surface area contributed by atoms with Gasteiger partial charge in [-0.3, -0.25) is 4.79 Å². The largest absolute Gasteiger partial charge is 0.370 e. The molecule has 3 rings (SSSR count). The fraction of sp³-hybridized carbons (Fsp3) is 0.130. The summed E-state index contributed by atoms with van der Waals surface area (Å²) in [6.45, 7) is 1.81. The Morgan fingerprint density at radius 2 is 1.66 bits per heavy atom. The SMILES string of the molecule is CC(Cc1ccc(NC(=O)c2cccc(N=C(N)N)c2)cc1)NS(=O)(=O)c1ccccc1. The van der Waals surface area contributed by atoms with Crippen molar-refractivity contribution in [2.24, 2.45) is 16.5 Å². The first-order valence-electron chi connectivity index (χ1n) is 9.90. The Labute approximate surface area is 187 Å². The number of hydrogen-bond acceptors (Lipinski definition) is 4. The van der Waals surface area contributed by atoms with Crippen LogP contribution in [0.1, 0.15) is 22.8 Å². The molecule has 8 nitrogen and oxygen atoms in total. The summed E-state index contributed by atoms with van der Waals surface area (Å²) in [6, 6.07) is 21.8. The van der Waals surface area contributed by atoms with E-state index in [0.717, 1.165) is 5.56 Å². The van der Waals surface area contributed by atoms with E-state index in [9.17, 15) is 13.2 Å². The van der Waals surface area contributed by atoms with Gasteiger partial charge in [-0.05, 0) is 61.4 Å². The van der Waals surface area contributed by atoms with Gasteiger partial charge in [0.05, 0.1) is 10.6 Å². The highest BCUT2D eigenvalue weighted by molar-refractivity contribution is 7.89. The summed E-state index contributed by atoms with van der Waals surface area (Å²) in [5.74, 6) is -0.382. The van der Waals surface area contributed by atoms with Gasteiger partial charge in [0, 0.05) is 17.3 Å². The Morgan fingerprint density at radius 3 is 2.31 bits per heavy atom. The number of benzene rings is 3. The molecule has 0 heterocycles. The van der Waals surface area contributed by atoms with E-state index < -0.39 is 10.0 Å². The van der Waals surface area contributed by atoms with Crippen molar-refractivity contribution in [3.05, 3.63) is 90.0 Å². The number of guanidine groups is 1. The average Bonchev–Trinajstić information content (AvgIpc) is 2.75. The summed E-state index contributed by atoms with van der Waals surface area (Å²) < 4.78 is 27.6. The summed E-state index contributed by atoms with van der Waals surface area (Å²) in [5, 5.41) is 2.82. The maximum Gasteiger partial charge on any atom is 0.255 e. The van der Waals surface area contributed by atoms with Gasteiger partial charge < -0.3 is 16.8 Å². The second-order valence-corrected chi connectivity index (χ2v) is 8.99. The average molecular weight is 452 g/mol. The number of nitrogens with two attached hydrogens (primary N) is 2. The first kappa shape index (κ1) is 23.0. The topological polar surface area (TPSA) is 140 Å². The van der Waals surface area contributed by atoms with Crippen LogP contribution in [0, 0.1) is 0 Å². The van der Waals surface area contributed by atoms with Crippen molar-refractivity contribution in [1.82, 2.24) is 4.72 Å². The maximum atomic E-state index is 12.5. The predicted molar refractivity (Wildman–Crippen MR) is 126 cm³/mol. The molecule has 1 amide bonds. The van der Waals surface area contributed by atoms with Crippen LogP contribution in [0.25, 0.3) is 0 Å². The third kappa shape index (κ3) is 6.40. The minimum atomic E-state index is -3.58. The van der Waals surface area contributed by atoms with Crippen LogP contribution in [-0.4, -0.2) is 26.3 Å². The molecule has 0 spiro atoms. The quantitative estimate of drug-likeness (QED) is 0.308. The van der Waals surface area contributed by atoms with E-state index in [0.29, 0.717) is 23.4 Å². The van der Waals surface area contributed by atoms with Gasteiger partial charge in [0.2, 0.25) is 10.0 Å². The van der Waals surface area contributed by atoms with Crippen LogP contribution in [-0.2, 0) is 16.4 Å².